The molecule has 1 heterocycles. The zero-order valence-electron chi connectivity index (χ0n) is 8.84. The first-order chi connectivity index (χ1) is 6.13. The van der Waals surface area contributed by atoms with Crippen LogP contribution in [-0.2, 0) is 4.79 Å². The molecule has 1 N–H and O–H groups in total. The molecule has 0 aromatic heterocycles. The molecule has 1 aliphatic heterocycles. The van der Waals surface area contributed by atoms with E-state index in [0.717, 1.165) is 19.5 Å². The number of piperazine rings is 1. The summed E-state index contributed by atoms with van der Waals surface area (Å²) in [6.07, 6.45) is 1.12. The topological polar surface area (TPSA) is 32.3 Å². The van der Waals surface area contributed by atoms with Crippen LogP contribution in [0.3, 0.4) is 0 Å². The molecule has 3 heteroatoms. The highest BCUT2D eigenvalue weighted by molar-refractivity contribution is 5.79. The van der Waals surface area contributed by atoms with Crippen LogP contribution in [0.1, 0.15) is 27.2 Å². The van der Waals surface area contributed by atoms with E-state index in [1.54, 1.807) is 0 Å². The Morgan fingerprint density at radius 3 is 2.85 bits per heavy atom. The maximum absolute atomic E-state index is 11.3. The summed E-state index contributed by atoms with van der Waals surface area (Å²) in [5.41, 5.74) is 0. The molecule has 1 saturated heterocycles. The SMILES string of the molecule is CCCN1CC(=O)NC(C(C)C)C1. The number of carbonyl (C=O) groups is 1. The average Bonchev–Trinajstić information content (AvgIpc) is 2.03. The highest BCUT2D eigenvalue weighted by atomic mass is 16.2. The van der Waals surface area contributed by atoms with Gasteiger partial charge in [0.25, 0.3) is 0 Å². The van der Waals surface area contributed by atoms with Gasteiger partial charge < -0.3 is 5.32 Å². The quantitative estimate of drug-likeness (QED) is 0.705. The van der Waals surface area contributed by atoms with Gasteiger partial charge in [0.05, 0.1) is 6.54 Å². The van der Waals surface area contributed by atoms with Crippen LogP contribution in [0, 0.1) is 5.92 Å². The van der Waals surface area contributed by atoms with E-state index in [1.165, 1.54) is 0 Å². The fourth-order valence-corrected chi connectivity index (χ4v) is 1.71. The molecule has 13 heavy (non-hydrogen) atoms. The Bertz CT molecular complexity index is 180. The fraction of sp³-hybridized carbons (Fsp3) is 0.900. The Hall–Kier alpha value is -0.570. The third kappa shape index (κ3) is 2.99. The molecule has 1 unspecified atom stereocenters. The van der Waals surface area contributed by atoms with E-state index in [1.807, 2.05) is 0 Å². The molecule has 0 aromatic rings. The molecule has 1 aliphatic rings. The minimum absolute atomic E-state index is 0.179. The summed E-state index contributed by atoms with van der Waals surface area (Å²) in [6, 6.07) is 0.341. The van der Waals surface area contributed by atoms with Gasteiger partial charge in [-0.1, -0.05) is 20.8 Å². The van der Waals surface area contributed by atoms with E-state index >= 15 is 0 Å². The smallest absolute Gasteiger partial charge is 0.234 e. The first-order valence-corrected chi connectivity index (χ1v) is 5.15. The highest BCUT2D eigenvalue weighted by Crippen LogP contribution is 2.08. The lowest BCUT2D eigenvalue weighted by Gasteiger charge is -2.34. The second-order valence-corrected chi connectivity index (χ2v) is 4.15. The van der Waals surface area contributed by atoms with Gasteiger partial charge >= 0.3 is 0 Å². The van der Waals surface area contributed by atoms with Crippen molar-refractivity contribution in [3.63, 3.8) is 0 Å². The molecule has 0 bridgehead atoms. The lowest BCUT2D eigenvalue weighted by Crippen LogP contribution is -2.56. The maximum atomic E-state index is 11.3. The van der Waals surface area contributed by atoms with Crippen molar-refractivity contribution in [2.75, 3.05) is 19.6 Å². The van der Waals surface area contributed by atoms with Crippen molar-refractivity contribution in [2.24, 2.45) is 5.92 Å². The number of carbonyl (C=O) groups excluding carboxylic acids is 1. The van der Waals surface area contributed by atoms with Crippen LogP contribution in [0.5, 0.6) is 0 Å². The Morgan fingerprint density at radius 2 is 2.31 bits per heavy atom. The normalized spacial score (nSPS) is 24.9. The first-order valence-electron chi connectivity index (χ1n) is 5.15. The van der Waals surface area contributed by atoms with E-state index in [-0.39, 0.29) is 5.91 Å². The number of amides is 1. The molecule has 0 spiro atoms. The molecular weight excluding hydrogens is 164 g/mol. The van der Waals surface area contributed by atoms with Gasteiger partial charge in [0.1, 0.15) is 0 Å². The first kappa shape index (κ1) is 10.5. The second kappa shape index (κ2) is 4.61. The minimum Gasteiger partial charge on any atom is -0.351 e. The van der Waals surface area contributed by atoms with Crippen LogP contribution >= 0.6 is 0 Å². The van der Waals surface area contributed by atoms with Crippen LogP contribution in [-0.4, -0.2) is 36.5 Å². The monoisotopic (exact) mass is 184 g/mol. The third-order valence-corrected chi connectivity index (χ3v) is 2.51. The average molecular weight is 184 g/mol. The number of nitrogens with one attached hydrogen (secondary N) is 1. The number of nitrogens with zero attached hydrogens (tertiary/aromatic N) is 1. The Morgan fingerprint density at radius 1 is 1.62 bits per heavy atom. The molecule has 0 aromatic carbocycles. The maximum Gasteiger partial charge on any atom is 0.234 e. The van der Waals surface area contributed by atoms with Crippen LogP contribution in [0.15, 0.2) is 0 Å². The van der Waals surface area contributed by atoms with Gasteiger partial charge in [-0.3, -0.25) is 9.69 Å². The predicted octanol–water partition coefficient (Wildman–Crippen LogP) is 0.853. The molecular formula is C10H20N2O. The van der Waals surface area contributed by atoms with E-state index in [9.17, 15) is 4.79 Å². The summed E-state index contributed by atoms with van der Waals surface area (Å²) in [4.78, 5) is 13.5. The van der Waals surface area contributed by atoms with E-state index in [2.05, 4.69) is 31.0 Å². The van der Waals surface area contributed by atoms with Gasteiger partial charge in [0.15, 0.2) is 0 Å². The molecule has 0 saturated carbocycles. The zero-order chi connectivity index (χ0) is 9.84. The number of rotatable bonds is 3. The van der Waals surface area contributed by atoms with Crippen LogP contribution in [0.25, 0.3) is 0 Å². The number of hydrogen-bond acceptors (Lipinski definition) is 2. The summed E-state index contributed by atoms with van der Waals surface area (Å²) in [5, 5.41) is 3.02. The Labute approximate surface area is 80.5 Å². The van der Waals surface area contributed by atoms with Crippen molar-refractivity contribution in [1.29, 1.82) is 0 Å². The van der Waals surface area contributed by atoms with E-state index in [4.69, 9.17) is 0 Å². The molecule has 76 valence electrons. The zero-order valence-corrected chi connectivity index (χ0v) is 8.84. The molecule has 0 radical (unpaired) electrons. The van der Waals surface area contributed by atoms with Gasteiger partial charge in [-0.2, -0.15) is 0 Å². The second-order valence-electron chi connectivity index (χ2n) is 4.15. The van der Waals surface area contributed by atoms with Gasteiger partial charge in [-0.25, -0.2) is 0 Å². The van der Waals surface area contributed by atoms with Gasteiger partial charge in [0.2, 0.25) is 5.91 Å². The molecule has 1 amide bonds. The molecule has 1 rings (SSSR count). The number of hydrogen-bond donors (Lipinski definition) is 1. The molecule has 1 fully saturated rings. The standard InChI is InChI=1S/C10H20N2O/c1-4-5-12-6-9(8(2)3)11-10(13)7-12/h8-9H,4-7H2,1-3H3,(H,11,13). The van der Waals surface area contributed by atoms with Crippen molar-refractivity contribution in [2.45, 2.75) is 33.2 Å². The van der Waals surface area contributed by atoms with Gasteiger partial charge in [-0.15, -0.1) is 0 Å². The molecule has 0 aliphatic carbocycles. The minimum atomic E-state index is 0.179. The van der Waals surface area contributed by atoms with Crippen molar-refractivity contribution in [3.8, 4) is 0 Å². The van der Waals surface area contributed by atoms with Crippen molar-refractivity contribution >= 4 is 5.91 Å². The Balaban J connectivity index is 2.47. The fourth-order valence-electron chi connectivity index (χ4n) is 1.71. The van der Waals surface area contributed by atoms with E-state index in [0.29, 0.717) is 18.5 Å². The summed E-state index contributed by atoms with van der Waals surface area (Å²) in [5.74, 6) is 0.710. The van der Waals surface area contributed by atoms with Crippen LogP contribution < -0.4 is 5.32 Å². The van der Waals surface area contributed by atoms with Crippen LogP contribution in [0.4, 0.5) is 0 Å². The van der Waals surface area contributed by atoms with Crippen molar-refractivity contribution in [3.05, 3.63) is 0 Å². The third-order valence-electron chi connectivity index (χ3n) is 2.51. The van der Waals surface area contributed by atoms with Gasteiger partial charge in [-0.05, 0) is 18.9 Å². The summed E-state index contributed by atoms with van der Waals surface area (Å²) >= 11 is 0. The van der Waals surface area contributed by atoms with E-state index < -0.39 is 0 Å². The summed E-state index contributed by atoms with van der Waals surface area (Å²) in [7, 11) is 0. The lowest BCUT2D eigenvalue weighted by molar-refractivity contribution is -0.126. The largest absolute Gasteiger partial charge is 0.351 e. The van der Waals surface area contributed by atoms with Crippen LogP contribution in [0.2, 0.25) is 0 Å². The molecule has 3 nitrogen and oxygen atoms in total. The van der Waals surface area contributed by atoms with Crippen molar-refractivity contribution in [1.82, 2.24) is 10.2 Å². The predicted molar refractivity (Wildman–Crippen MR) is 53.5 cm³/mol. The van der Waals surface area contributed by atoms with Gasteiger partial charge in [0, 0.05) is 12.6 Å². The highest BCUT2D eigenvalue weighted by Gasteiger charge is 2.25. The summed E-state index contributed by atoms with van der Waals surface area (Å²) < 4.78 is 0. The lowest BCUT2D eigenvalue weighted by atomic mass is 10.0. The summed E-state index contributed by atoms with van der Waals surface area (Å²) in [6.45, 7) is 9.09. The Kier molecular flexibility index (Phi) is 3.72. The molecule has 1 atom stereocenters. The van der Waals surface area contributed by atoms with Crippen molar-refractivity contribution < 1.29 is 4.79 Å².